The molecule has 5 heteroatoms. The highest BCUT2D eigenvalue weighted by atomic mass is 16.3. The first kappa shape index (κ1) is 12.8. The van der Waals surface area contributed by atoms with E-state index >= 15 is 0 Å². The summed E-state index contributed by atoms with van der Waals surface area (Å²) >= 11 is 0. The second-order valence-electron chi connectivity index (χ2n) is 4.94. The van der Waals surface area contributed by atoms with Crippen LogP contribution in [-0.4, -0.2) is 39.1 Å². The van der Waals surface area contributed by atoms with E-state index in [2.05, 4.69) is 0 Å². The normalized spacial score (nSPS) is 24.7. The molecule has 0 saturated carbocycles. The molecule has 0 bridgehead atoms. The Morgan fingerprint density at radius 3 is 2.65 bits per heavy atom. The average molecular weight is 272 g/mol. The van der Waals surface area contributed by atoms with Gasteiger partial charge in [0.2, 0.25) is 0 Å². The Balaban J connectivity index is 2.31. The first-order chi connectivity index (χ1) is 9.49. The van der Waals surface area contributed by atoms with Crippen LogP contribution in [0.5, 0.6) is 5.75 Å². The van der Waals surface area contributed by atoms with Crippen molar-refractivity contribution in [1.82, 2.24) is 0 Å². The van der Waals surface area contributed by atoms with Gasteiger partial charge in [-0.3, -0.25) is 9.59 Å². The highest BCUT2D eigenvalue weighted by Crippen LogP contribution is 2.40. The molecule has 3 N–H and O–H groups in total. The Morgan fingerprint density at radius 1 is 1.20 bits per heavy atom. The van der Waals surface area contributed by atoms with Gasteiger partial charge in [-0.2, -0.15) is 0 Å². The number of carbonyl (C=O) groups excluding carboxylic acids is 2. The summed E-state index contributed by atoms with van der Waals surface area (Å²) in [6.45, 7) is -0.669. The van der Waals surface area contributed by atoms with E-state index < -0.39 is 23.8 Å². The van der Waals surface area contributed by atoms with Crippen LogP contribution in [-0.2, 0) is 0 Å². The van der Waals surface area contributed by atoms with Gasteiger partial charge in [-0.05, 0) is 6.07 Å². The zero-order chi connectivity index (χ0) is 14.5. The zero-order valence-electron chi connectivity index (χ0n) is 10.5. The molecule has 1 unspecified atom stereocenters. The lowest BCUT2D eigenvalue weighted by atomic mass is 9.73. The monoisotopic (exact) mass is 272 g/mol. The van der Waals surface area contributed by atoms with E-state index in [-0.39, 0.29) is 34.4 Å². The third-order valence-corrected chi connectivity index (χ3v) is 3.72. The van der Waals surface area contributed by atoms with Crippen LogP contribution >= 0.6 is 0 Å². The number of aromatic hydroxyl groups is 1. The van der Waals surface area contributed by atoms with E-state index in [9.17, 15) is 24.9 Å². The molecule has 102 valence electrons. The van der Waals surface area contributed by atoms with Gasteiger partial charge in [0.1, 0.15) is 11.4 Å². The molecule has 5 nitrogen and oxygen atoms in total. The fourth-order valence-electron chi connectivity index (χ4n) is 2.71. The molecule has 0 aliphatic heterocycles. The molecule has 0 saturated heterocycles. The molecular weight excluding hydrogens is 260 g/mol. The highest BCUT2D eigenvalue weighted by molar-refractivity contribution is 6.29. The Kier molecular flexibility index (Phi) is 2.64. The van der Waals surface area contributed by atoms with Crippen molar-refractivity contribution < 1.29 is 24.9 Å². The molecule has 2 aliphatic carbocycles. The number of ketones is 2. The lowest BCUT2D eigenvalue weighted by molar-refractivity contribution is 0.0163. The van der Waals surface area contributed by atoms with Crippen molar-refractivity contribution in [3.05, 3.63) is 52.6 Å². The topological polar surface area (TPSA) is 94.8 Å². The Hall–Kier alpha value is -2.24. The summed E-state index contributed by atoms with van der Waals surface area (Å²) in [5, 5.41) is 29.6. The number of hydrogen-bond donors (Lipinski definition) is 3. The number of carbonyl (C=O) groups is 2. The largest absolute Gasteiger partial charge is 0.507 e. The summed E-state index contributed by atoms with van der Waals surface area (Å²) in [5.74, 6) is -1.36. The molecule has 0 fully saturated rings. The lowest BCUT2D eigenvalue weighted by Gasteiger charge is -2.33. The minimum atomic E-state index is -1.78. The SMILES string of the molecule is O=C1C2=C(C(=O)c3c(O)cccc31)C(O)(CO)CC=C2. The smallest absolute Gasteiger partial charge is 0.197 e. The van der Waals surface area contributed by atoms with Crippen LogP contribution in [0.4, 0.5) is 0 Å². The number of hydrogen-bond acceptors (Lipinski definition) is 5. The number of fused-ring (bicyclic) bond motifs is 1. The fourth-order valence-corrected chi connectivity index (χ4v) is 2.71. The molecule has 3 rings (SSSR count). The standard InChI is InChI=1S/C15H12O5/c16-7-15(20)6-2-4-9-12(15)14(19)11-8(13(9)18)3-1-5-10(11)17/h1-5,16-17,20H,6-7H2. The number of benzene rings is 1. The fraction of sp³-hybridized carbons (Fsp3) is 0.200. The van der Waals surface area contributed by atoms with E-state index in [4.69, 9.17) is 0 Å². The van der Waals surface area contributed by atoms with Crippen molar-refractivity contribution in [3.8, 4) is 5.75 Å². The number of rotatable bonds is 1. The maximum Gasteiger partial charge on any atom is 0.197 e. The van der Waals surface area contributed by atoms with Crippen molar-refractivity contribution in [2.24, 2.45) is 0 Å². The van der Waals surface area contributed by atoms with Gasteiger partial charge in [0.25, 0.3) is 0 Å². The predicted molar refractivity (Wildman–Crippen MR) is 69.6 cm³/mol. The van der Waals surface area contributed by atoms with Crippen LogP contribution < -0.4 is 0 Å². The van der Waals surface area contributed by atoms with Crippen molar-refractivity contribution in [3.63, 3.8) is 0 Å². The van der Waals surface area contributed by atoms with Crippen molar-refractivity contribution >= 4 is 11.6 Å². The molecule has 0 amide bonds. The van der Waals surface area contributed by atoms with Gasteiger partial charge in [-0.15, -0.1) is 0 Å². The van der Waals surface area contributed by atoms with Gasteiger partial charge in [-0.25, -0.2) is 0 Å². The third kappa shape index (κ3) is 1.51. The van der Waals surface area contributed by atoms with Gasteiger partial charge >= 0.3 is 0 Å². The van der Waals surface area contributed by atoms with Crippen LogP contribution in [0.3, 0.4) is 0 Å². The number of phenolic OH excluding ortho intramolecular Hbond substituents is 1. The molecule has 0 heterocycles. The molecule has 1 aromatic rings. The molecule has 1 atom stereocenters. The zero-order valence-corrected chi connectivity index (χ0v) is 10.5. The molecule has 20 heavy (non-hydrogen) atoms. The lowest BCUT2D eigenvalue weighted by Crippen LogP contribution is -2.43. The number of Topliss-reactive ketones (excluding diaryl/α,β-unsaturated/α-hetero) is 2. The molecule has 1 aromatic carbocycles. The minimum absolute atomic E-state index is 0.0459. The predicted octanol–water partition coefficient (Wildman–Crippen LogP) is 0.751. The van der Waals surface area contributed by atoms with E-state index in [0.29, 0.717) is 0 Å². The first-order valence-electron chi connectivity index (χ1n) is 6.15. The average Bonchev–Trinajstić information content (AvgIpc) is 2.44. The van der Waals surface area contributed by atoms with Gasteiger partial charge in [-0.1, -0.05) is 24.3 Å². The number of aliphatic hydroxyl groups is 2. The number of allylic oxidation sites excluding steroid dienone is 2. The molecule has 2 aliphatic rings. The second kappa shape index (κ2) is 4.13. The van der Waals surface area contributed by atoms with Crippen molar-refractivity contribution in [2.75, 3.05) is 6.61 Å². The summed E-state index contributed by atoms with van der Waals surface area (Å²) in [6.07, 6.45) is 3.07. The van der Waals surface area contributed by atoms with Crippen LogP contribution in [0.1, 0.15) is 27.1 Å². The van der Waals surface area contributed by atoms with Crippen molar-refractivity contribution in [1.29, 1.82) is 0 Å². The third-order valence-electron chi connectivity index (χ3n) is 3.72. The molecule has 0 aromatic heterocycles. The number of phenols is 1. The van der Waals surface area contributed by atoms with Crippen LogP contribution in [0.25, 0.3) is 0 Å². The summed E-state index contributed by atoms with van der Waals surface area (Å²) < 4.78 is 0. The van der Waals surface area contributed by atoms with E-state index in [1.807, 2.05) is 0 Å². The van der Waals surface area contributed by atoms with Crippen molar-refractivity contribution in [2.45, 2.75) is 12.0 Å². The van der Waals surface area contributed by atoms with Gasteiger partial charge < -0.3 is 15.3 Å². The van der Waals surface area contributed by atoms with Crippen LogP contribution in [0, 0.1) is 0 Å². The Bertz CT molecular complexity index is 698. The molecule has 0 radical (unpaired) electrons. The van der Waals surface area contributed by atoms with Crippen LogP contribution in [0.2, 0.25) is 0 Å². The number of aliphatic hydroxyl groups excluding tert-OH is 1. The van der Waals surface area contributed by atoms with E-state index in [1.54, 1.807) is 6.08 Å². The maximum atomic E-state index is 12.5. The Morgan fingerprint density at radius 2 is 1.95 bits per heavy atom. The van der Waals surface area contributed by atoms with Gasteiger partial charge in [0.15, 0.2) is 11.6 Å². The Labute approximate surface area is 114 Å². The summed E-state index contributed by atoms with van der Waals surface area (Å²) in [6, 6.07) is 4.25. The van der Waals surface area contributed by atoms with E-state index in [1.165, 1.54) is 24.3 Å². The molecular formula is C15H12O5. The minimum Gasteiger partial charge on any atom is -0.507 e. The summed E-state index contributed by atoms with van der Waals surface area (Å²) in [4.78, 5) is 24.9. The van der Waals surface area contributed by atoms with E-state index in [0.717, 1.165) is 0 Å². The highest BCUT2D eigenvalue weighted by Gasteiger charge is 2.44. The first-order valence-corrected chi connectivity index (χ1v) is 6.15. The summed E-state index contributed by atoms with van der Waals surface area (Å²) in [5.41, 5.74) is -1.84. The second-order valence-corrected chi connectivity index (χ2v) is 4.94. The quantitative estimate of drug-likeness (QED) is 0.701. The maximum absolute atomic E-state index is 12.5. The van der Waals surface area contributed by atoms with Gasteiger partial charge in [0.05, 0.1) is 12.2 Å². The van der Waals surface area contributed by atoms with Gasteiger partial charge in [0, 0.05) is 23.1 Å². The van der Waals surface area contributed by atoms with Crippen LogP contribution in [0.15, 0.2) is 41.5 Å². The molecule has 0 spiro atoms. The summed E-state index contributed by atoms with van der Waals surface area (Å²) in [7, 11) is 0.